The number of alkyl halides is 3. The van der Waals surface area contributed by atoms with Crippen LogP contribution in [0.25, 0.3) is 0 Å². The number of halogens is 3. The van der Waals surface area contributed by atoms with Crippen molar-refractivity contribution < 1.29 is 22.8 Å². The summed E-state index contributed by atoms with van der Waals surface area (Å²) in [6, 6.07) is 3.63. The summed E-state index contributed by atoms with van der Waals surface area (Å²) in [4.78, 5) is 31.1. The fourth-order valence-electron chi connectivity index (χ4n) is 3.07. The number of amides is 2. The summed E-state index contributed by atoms with van der Waals surface area (Å²) in [5.41, 5.74) is 1.42. The molecule has 13 heteroatoms. The molecule has 3 aromatic heterocycles. The molecule has 0 aliphatic carbocycles. The van der Waals surface area contributed by atoms with Gasteiger partial charge in [-0.05, 0) is 18.6 Å². The number of pyridine rings is 1. The molecule has 0 unspecified atom stereocenters. The molecule has 0 radical (unpaired) electrons. The molecule has 3 aromatic rings. The maximum atomic E-state index is 12.9. The number of carbonyl (C=O) groups is 2. The van der Waals surface area contributed by atoms with E-state index in [1.54, 1.807) is 30.3 Å². The first-order chi connectivity index (χ1) is 14.2. The highest BCUT2D eigenvalue weighted by Gasteiger charge is 2.36. The first-order valence-corrected chi connectivity index (χ1v) is 9.53. The number of fused-ring (bicyclic) bond motifs is 1. The molecule has 1 aliphatic rings. The van der Waals surface area contributed by atoms with E-state index in [-0.39, 0.29) is 33.8 Å². The Hall–Kier alpha value is -3.35. The molecule has 0 saturated carbocycles. The molecule has 0 bridgehead atoms. The number of anilines is 1. The van der Waals surface area contributed by atoms with E-state index in [0.717, 1.165) is 5.56 Å². The van der Waals surface area contributed by atoms with Crippen molar-refractivity contribution in [1.82, 2.24) is 29.9 Å². The zero-order valence-electron chi connectivity index (χ0n) is 15.5. The van der Waals surface area contributed by atoms with Crippen LogP contribution in [-0.2, 0) is 19.3 Å². The average Bonchev–Trinajstić information content (AvgIpc) is 3.30. The standard InChI is InChI=1S/C17H14F3N7O2S/c1-9-11(13(28)22-16-24-23-15(30-16)17(18,19)20)25-27-6-5-26(14(29)12(9)27)8-10-3-2-4-21-7-10/h2-4,7H,5-6,8H2,1H3,(H,22,24,28). The van der Waals surface area contributed by atoms with Gasteiger partial charge in [-0.3, -0.25) is 24.6 Å². The van der Waals surface area contributed by atoms with Gasteiger partial charge in [-0.2, -0.15) is 18.3 Å². The molecule has 30 heavy (non-hydrogen) atoms. The van der Waals surface area contributed by atoms with E-state index in [1.807, 2.05) is 6.07 Å². The third-order valence-electron chi connectivity index (χ3n) is 4.46. The summed E-state index contributed by atoms with van der Waals surface area (Å²) < 4.78 is 39.4. The van der Waals surface area contributed by atoms with Crippen LogP contribution in [-0.4, -0.2) is 48.2 Å². The lowest BCUT2D eigenvalue weighted by molar-refractivity contribution is -0.138. The highest BCUT2D eigenvalue weighted by atomic mass is 32.1. The predicted octanol–water partition coefficient (Wildman–Crippen LogP) is 2.37. The van der Waals surface area contributed by atoms with Crippen molar-refractivity contribution in [2.75, 3.05) is 11.9 Å². The van der Waals surface area contributed by atoms with Gasteiger partial charge < -0.3 is 4.90 Å². The zero-order chi connectivity index (χ0) is 21.5. The zero-order valence-corrected chi connectivity index (χ0v) is 16.3. The molecule has 4 rings (SSSR count). The van der Waals surface area contributed by atoms with Crippen molar-refractivity contribution in [2.24, 2.45) is 0 Å². The van der Waals surface area contributed by atoms with Crippen molar-refractivity contribution in [1.29, 1.82) is 0 Å². The molecule has 0 fully saturated rings. The molecular weight excluding hydrogens is 423 g/mol. The smallest absolute Gasteiger partial charge is 0.331 e. The lowest BCUT2D eigenvalue weighted by atomic mass is 10.1. The Kier molecular flexibility index (Phi) is 4.97. The van der Waals surface area contributed by atoms with Gasteiger partial charge in [0, 0.05) is 31.0 Å². The Morgan fingerprint density at radius 2 is 2.10 bits per heavy atom. The maximum absolute atomic E-state index is 12.9. The minimum Gasteiger partial charge on any atom is -0.331 e. The topological polar surface area (TPSA) is 106 Å². The highest BCUT2D eigenvalue weighted by molar-refractivity contribution is 7.15. The van der Waals surface area contributed by atoms with Crippen LogP contribution in [0.1, 0.15) is 37.1 Å². The first-order valence-electron chi connectivity index (χ1n) is 8.71. The number of aromatic nitrogens is 5. The number of carbonyl (C=O) groups excluding carboxylic acids is 2. The largest absolute Gasteiger partial charge is 0.445 e. The lowest BCUT2D eigenvalue weighted by Gasteiger charge is -2.27. The normalized spacial score (nSPS) is 14.0. The van der Waals surface area contributed by atoms with Crippen LogP contribution in [0.4, 0.5) is 18.3 Å². The van der Waals surface area contributed by atoms with Gasteiger partial charge in [-0.1, -0.05) is 17.4 Å². The fourth-order valence-corrected chi connectivity index (χ4v) is 3.68. The molecule has 0 saturated heterocycles. The SMILES string of the molecule is Cc1c(C(=O)Nc2nnc(C(F)(F)F)s2)nn2c1C(=O)N(Cc1cccnc1)CC2. The molecule has 156 valence electrons. The molecule has 2 amide bonds. The molecule has 9 nitrogen and oxygen atoms in total. The third-order valence-corrected chi connectivity index (χ3v) is 5.34. The number of hydrogen-bond donors (Lipinski definition) is 1. The Balaban J connectivity index is 1.53. The number of rotatable bonds is 4. The molecule has 4 heterocycles. The highest BCUT2D eigenvalue weighted by Crippen LogP contribution is 2.33. The monoisotopic (exact) mass is 437 g/mol. The number of hydrogen-bond acceptors (Lipinski definition) is 7. The van der Waals surface area contributed by atoms with Gasteiger partial charge in [-0.15, -0.1) is 10.2 Å². The van der Waals surface area contributed by atoms with Crippen molar-refractivity contribution >= 4 is 28.3 Å². The first kappa shape index (κ1) is 19.9. The van der Waals surface area contributed by atoms with E-state index in [1.165, 1.54) is 4.68 Å². The second-order valence-corrected chi connectivity index (χ2v) is 7.48. The van der Waals surface area contributed by atoms with Crippen LogP contribution in [0.3, 0.4) is 0 Å². The van der Waals surface area contributed by atoms with Crippen LogP contribution in [0, 0.1) is 6.92 Å². The molecule has 1 N–H and O–H groups in total. The predicted molar refractivity (Wildman–Crippen MR) is 98.8 cm³/mol. The summed E-state index contributed by atoms with van der Waals surface area (Å²) in [5, 5.41) is 11.3. The van der Waals surface area contributed by atoms with E-state index in [0.29, 0.717) is 25.2 Å². The quantitative estimate of drug-likeness (QED) is 0.672. The lowest BCUT2D eigenvalue weighted by Crippen LogP contribution is -2.40. The van der Waals surface area contributed by atoms with Gasteiger partial charge in [-0.25, -0.2) is 0 Å². The van der Waals surface area contributed by atoms with Gasteiger partial charge in [0.25, 0.3) is 11.8 Å². The molecule has 0 atom stereocenters. The van der Waals surface area contributed by atoms with Crippen LogP contribution in [0.15, 0.2) is 24.5 Å². The number of nitrogens with one attached hydrogen (secondary N) is 1. The van der Waals surface area contributed by atoms with Crippen molar-refractivity contribution in [2.45, 2.75) is 26.2 Å². The second-order valence-electron chi connectivity index (χ2n) is 6.50. The van der Waals surface area contributed by atoms with Crippen molar-refractivity contribution in [3.05, 3.63) is 52.0 Å². The summed E-state index contributed by atoms with van der Waals surface area (Å²) >= 11 is 0.211. The van der Waals surface area contributed by atoms with Crippen molar-refractivity contribution in [3.8, 4) is 0 Å². The minimum atomic E-state index is -4.64. The summed E-state index contributed by atoms with van der Waals surface area (Å²) in [6.45, 7) is 2.71. The van der Waals surface area contributed by atoms with Gasteiger partial charge in [0.15, 0.2) is 5.69 Å². The summed E-state index contributed by atoms with van der Waals surface area (Å²) in [6.07, 6.45) is -1.34. The van der Waals surface area contributed by atoms with Gasteiger partial charge in [0.1, 0.15) is 5.69 Å². The van der Waals surface area contributed by atoms with Crippen LogP contribution in [0.5, 0.6) is 0 Å². The minimum absolute atomic E-state index is 0.0506. The third kappa shape index (κ3) is 3.75. The molecular formula is C17H14F3N7O2S. The number of nitrogens with zero attached hydrogens (tertiary/aromatic N) is 6. The van der Waals surface area contributed by atoms with E-state index >= 15 is 0 Å². The van der Waals surface area contributed by atoms with Crippen molar-refractivity contribution in [3.63, 3.8) is 0 Å². The summed E-state index contributed by atoms with van der Waals surface area (Å²) in [5.74, 6) is -1.05. The van der Waals surface area contributed by atoms with E-state index in [4.69, 9.17) is 0 Å². The van der Waals surface area contributed by atoms with Gasteiger partial charge in [0.05, 0.1) is 6.54 Å². The van der Waals surface area contributed by atoms with E-state index < -0.39 is 17.1 Å². The Labute approximate surface area is 171 Å². The van der Waals surface area contributed by atoms with Crippen LogP contribution >= 0.6 is 11.3 Å². The Bertz CT molecular complexity index is 1110. The Morgan fingerprint density at radius 1 is 1.30 bits per heavy atom. The van der Waals surface area contributed by atoms with E-state index in [9.17, 15) is 22.8 Å². The Morgan fingerprint density at radius 3 is 2.77 bits per heavy atom. The van der Waals surface area contributed by atoms with Crippen LogP contribution < -0.4 is 5.32 Å². The van der Waals surface area contributed by atoms with E-state index in [2.05, 4.69) is 25.6 Å². The second kappa shape index (κ2) is 7.48. The van der Waals surface area contributed by atoms with Crippen LogP contribution in [0.2, 0.25) is 0 Å². The maximum Gasteiger partial charge on any atom is 0.445 e. The summed E-state index contributed by atoms with van der Waals surface area (Å²) in [7, 11) is 0. The van der Waals surface area contributed by atoms with Gasteiger partial charge >= 0.3 is 6.18 Å². The molecule has 0 spiro atoms. The van der Waals surface area contributed by atoms with Gasteiger partial charge in [0.2, 0.25) is 10.1 Å². The average molecular weight is 437 g/mol. The molecule has 1 aliphatic heterocycles. The fraction of sp³-hybridized carbons (Fsp3) is 0.294. The molecule has 0 aromatic carbocycles.